The zero-order chi connectivity index (χ0) is 21.6. The van der Waals surface area contributed by atoms with Crippen LogP contribution in [0.5, 0.6) is 0 Å². The molecule has 0 radical (unpaired) electrons. The molecule has 2 saturated carbocycles. The van der Waals surface area contributed by atoms with Crippen molar-refractivity contribution in [3.8, 4) is 0 Å². The lowest BCUT2D eigenvalue weighted by Gasteiger charge is -2.31. The van der Waals surface area contributed by atoms with E-state index in [-0.39, 0.29) is 17.4 Å². The second-order valence-electron chi connectivity index (χ2n) is 9.17. The van der Waals surface area contributed by atoms with Gasteiger partial charge in [-0.05, 0) is 75.9 Å². The van der Waals surface area contributed by atoms with E-state index in [2.05, 4.69) is 50.0 Å². The third-order valence-electron chi connectivity index (χ3n) is 6.83. The van der Waals surface area contributed by atoms with Gasteiger partial charge in [-0.25, -0.2) is 4.98 Å². The molecule has 0 bridgehead atoms. The van der Waals surface area contributed by atoms with Crippen LogP contribution in [0.2, 0.25) is 0 Å². The van der Waals surface area contributed by atoms with Crippen molar-refractivity contribution in [1.82, 2.24) is 9.88 Å². The van der Waals surface area contributed by atoms with Gasteiger partial charge in [0.15, 0.2) is 0 Å². The van der Waals surface area contributed by atoms with E-state index in [4.69, 9.17) is 10.4 Å². The molecular formula is C24H32N4O2. The van der Waals surface area contributed by atoms with Crippen molar-refractivity contribution in [3.63, 3.8) is 0 Å². The Kier molecular flexibility index (Phi) is 5.32. The number of nitrogens with one attached hydrogen (secondary N) is 2. The first-order valence-electron chi connectivity index (χ1n) is 10.8. The second-order valence-corrected chi connectivity index (χ2v) is 9.17. The Balaban J connectivity index is 1.50. The molecule has 5 atom stereocenters. The van der Waals surface area contributed by atoms with Crippen LogP contribution < -0.4 is 5.32 Å². The SMILES string of the molecule is C=CN(C(C)=N)[C@H]1[C@H](O)[C@H](O)C2(CCc3ccc4ccc(NC(C)C)nc4c3)C[C@H]12. The average molecular weight is 409 g/mol. The summed E-state index contributed by atoms with van der Waals surface area (Å²) in [4.78, 5) is 6.44. The van der Waals surface area contributed by atoms with Gasteiger partial charge in [0.05, 0.1) is 23.5 Å². The quantitative estimate of drug-likeness (QED) is 0.415. The van der Waals surface area contributed by atoms with Crippen molar-refractivity contribution in [3.05, 3.63) is 48.7 Å². The number of pyridine rings is 1. The summed E-state index contributed by atoms with van der Waals surface area (Å²) in [5.74, 6) is 1.40. The Hall–Kier alpha value is -2.44. The molecule has 4 N–H and O–H groups in total. The summed E-state index contributed by atoms with van der Waals surface area (Å²) in [6.45, 7) is 9.66. The summed E-state index contributed by atoms with van der Waals surface area (Å²) in [7, 11) is 0. The van der Waals surface area contributed by atoms with Crippen molar-refractivity contribution in [1.29, 1.82) is 5.41 Å². The Morgan fingerprint density at radius 1 is 1.37 bits per heavy atom. The fourth-order valence-electron chi connectivity index (χ4n) is 5.26. The maximum absolute atomic E-state index is 10.8. The number of rotatable bonds is 7. The highest BCUT2D eigenvalue weighted by Gasteiger charge is 2.71. The molecule has 2 aromatic rings. The molecule has 1 aromatic carbocycles. The van der Waals surface area contributed by atoms with E-state index in [0.29, 0.717) is 11.9 Å². The van der Waals surface area contributed by atoms with E-state index >= 15 is 0 Å². The molecule has 2 aliphatic rings. The minimum absolute atomic E-state index is 0.182. The molecule has 2 aliphatic carbocycles. The summed E-state index contributed by atoms with van der Waals surface area (Å²) in [5, 5.41) is 33.9. The fraction of sp³-hybridized carbons (Fsp3) is 0.500. The predicted molar refractivity (Wildman–Crippen MR) is 121 cm³/mol. The van der Waals surface area contributed by atoms with Gasteiger partial charge in [0.1, 0.15) is 11.9 Å². The van der Waals surface area contributed by atoms with E-state index in [0.717, 1.165) is 36.0 Å². The number of amidine groups is 1. The van der Waals surface area contributed by atoms with Gasteiger partial charge in [0, 0.05) is 16.8 Å². The summed E-state index contributed by atoms with van der Waals surface area (Å²) >= 11 is 0. The molecule has 6 nitrogen and oxygen atoms in total. The predicted octanol–water partition coefficient (Wildman–Crippen LogP) is 3.54. The van der Waals surface area contributed by atoms with Gasteiger partial charge in [0.25, 0.3) is 0 Å². The van der Waals surface area contributed by atoms with Crippen molar-refractivity contribution in [2.75, 3.05) is 5.32 Å². The van der Waals surface area contributed by atoms with Gasteiger partial charge in [0.2, 0.25) is 0 Å². The number of anilines is 1. The number of aliphatic hydroxyl groups excluding tert-OH is 2. The molecule has 1 unspecified atom stereocenters. The molecule has 0 aliphatic heterocycles. The molecule has 0 saturated heterocycles. The van der Waals surface area contributed by atoms with Crippen LogP contribution in [0, 0.1) is 16.7 Å². The van der Waals surface area contributed by atoms with Crippen LogP contribution in [-0.4, -0.2) is 50.2 Å². The van der Waals surface area contributed by atoms with Crippen molar-refractivity contribution in [2.45, 2.75) is 64.3 Å². The van der Waals surface area contributed by atoms with Gasteiger partial charge in [-0.15, -0.1) is 0 Å². The van der Waals surface area contributed by atoms with Crippen LogP contribution >= 0.6 is 0 Å². The monoisotopic (exact) mass is 408 g/mol. The number of aromatic nitrogens is 1. The minimum atomic E-state index is -0.856. The smallest absolute Gasteiger partial charge is 0.126 e. The van der Waals surface area contributed by atoms with E-state index in [1.165, 1.54) is 5.56 Å². The Bertz CT molecular complexity index is 975. The van der Waals surface area contributed by atoms with Gasteiger partial charge in [-0.2, -0.15) is 0 Å². The first-order chi connectivity index (χ1) is 14.3. The number of aliphatic hydroxyl groups is 2. The number of nitrogens with zero attached hydrogens (tertiary/aromatic N) is 2. The van der Waals surface area contributed by atoms with Crippen molar-refractivity contribution < 1.29 is 10.2 Å². The normalized spacial score (nSPS) is 29.7. The first kappa shape index (κ1) is 20.8. The van der Waals surface area contributed by atoms with E-state index in [9.17, 15) is 10.2 Å². The van der Waals surface area contributed by atoms with Gasteiger partial charge in [-0.3, -0.25) is 5.41 Å². The average Bonchev–Trinajstić information content (AvgIpc) is 3.38. The summed E-state index contributed by atoms with van der Waals surface area (Å²) in [6.07, 6.45) is 2.48. The molecule has 2 fully saturated rings. The van der Waals surface area contributed by atoms with E-state index in [1.807, 2.05) is 6.07 Å². The van der Waals surface area contributed by atoms with Crippen molar-refractivity contribution >= 4 is 22.6 Å². The maximum atomic E-state index is 10.8. The molecular weight excluding hydrogens is 376 g/mol. The standard InChI is InChI=1S/C24H32N4O2/c1-5-28(15(4)25)21-18-13-24(18,23(30)22(21)29)11-10-16-6-7-17-8-9-20(26-14(2)3)27-19(17)12-16/h5-9,12,14,18,21-23,25,29-30H,1,10-11,13H2,2-4H3,(H,26,27)/t18-,21-,22+,23+,24?/m1/s1. The number of fused-ring (bicyclic) bond motifs is 2. The van der Waals surface area contributed by atoms with Gasteiger partial charge < -0.3 is 20.4 Å². The van der Waals surface area contributed by atoms with E-state index < -0.39 is 12.2 Å². The van der Waals surface area contributed by atoms with Crippen LogP contribution in [0.3, 0.4) is 0 Å². The largest absolute Gasteiger partial charge is 0.390 e. The highest BCUT2D eigenvalue weighted by Crippen LogP contribution is 2.66. The topological polar surface area (TPSA) is 92.5 Å². The van der Waals surface area contributed by atoms with Gasteiger partial charge in [-0.1, -0.05) is 18.7 Å². The third-order valence-corrected chi connectivity index (χ3v) is 6.83. The lowest BCUT2D eigenvalue weighted by Crippen LogP contribution is -2.45. The van der Waals surface area contributed by atoms with Crippen molar-refractivity contribution in [2.24, 2.45) is 11.3 Å². The highest BCUT2D eigenvalue weighted by atomic mass is 16.3. The van der Waals surface area contributed by atoms with Gasteiger partial charge >= 0.3 is 0 Å². The zero-order valence-corrected chi connectivity index (χ0v) is 18.0. The van der Waals surface area contributed by atoms with Crippen LogP contribution in [-0.2, 0) is 6.42 Å². The zero-order valence-electron chi connectivity index (χ0n) is 18.0. The summed E-state index contributed by atoms with van der Waals surface area (Å²) in [5.41, 5.74) is 1.88. The maximum Gasteiger partial charge on any atom is 0.126 e. The Morgan fingerprint density at radius 2 is 2.10 bits per heavy atom. The Morgan fingerprint density at radius 3 is 2.77 bits per heavy atom. The molecule has 0 spiro atoms. The summed E-state index contributed by atoms with van der Waals surface area (Å²) < 4.78 is 0. The molecule has 160 valence electrons. The van der Waals surface area contributed by atoms with Crippen LogP contribution in [0.1, 0.15) is 39.2 Å². The van der Waals surface area contributed by atoms with E-state index in [1.54, 1.807) is 18.0 Å². The molecule has 6 heteroatoms. The fourth-order valence-corrected chi connectivity index (χ4v) is 5.26. The third kappa shape index (κ3) is 3.48. The minimum Gasteiger partial charge on any atom is -0.390 e. The van der Waals surface area contributed by atoms with Crippen LogP contribution in [0.4, 0.5) is 5.82 Å². The second kappa shape index (κ2) is 7.67. The lowest BCUT2D eigenvalue weighted by atomic mass is 9.91. The number of hydrogen-bond acceptors (Lipinski definition) is 5. The molecule has 1 heterocycles. The molecule has 0 amide bonds. The Labute approximate surface area is 178 Å². The number of aryl methyl sites for hydroxylation is 1. The molecule has 4 rings (SSSR count). The molecule has 1 aromatic heterocycles. The highest BCUT2D eigenvalue weighted by molar-refractivity contribution is 5.81. The molecule has 30 heavy (non-hydrogen) atoms. The number of hydrogen-bond donors (Lipinski definition) is 4. The lowest BCUT2D eigenvalue weighted by molar-refractivity contribution is -0.0218. The number of benzene rings is 1. The summed E-state index contributed by atoms with van der Waals surface area (Å²) in [6, 6.07) is 10.5. The first-order valence-corrected chi connectivity index (χ1v) is 10.8. The van der Waals surface area contributed by atoms with Crippen LogP contribution in [0.15, 0.2) is 43.1 Å². The van der Waals surface area contributed by atoms with Crippen LogP contribution in [0.25, 0.3) is 10.9 Å².